The van der Waals surface area contributed by atoms with Crippen molar-refractivity contribution >= 4 is 43.0 Å². The maximum Gasteiger partial charge on any atom is 0.0502 e. The van der Waals surface area contributed by atoms with Gasteiger partial charge in [0.1, 0.15) is 0 Å². The molecule has 1 heterocycles. The maximum absolute atomic E-state index is 5.89. The molecule has 1 aromatic carbocycles. The van der Waals surface area contributed by atoms with Gasteiger partial charge in [-0.3, -0.25) is 0 Å². The van der Waals surface area contributed by atoms with Crippen LogP contribution in [-0.2, 0) is 11.8 Å². The summed E-state index contributed by atoms with van der Waals surface area (Å²) >= 11 is 5.23. The Hall–Kier alpha value is -0.540. The second-order valence-electron chi connectivity index (χ2n) is 3.30. The summed E-state index contributed by atoms with van der Waals surface area (Å²) in [4.78, 5) is 0. The summed E-state index contributed by atoms with van der Waals surface area (Å²) in [5.74, 6) is 0. The first-order valence-corrected chi connectivity index (χ1v) is 6.60. The van der Waals surface area contributed by atoms with E-state index in [-0.39, 0.29) is 0 Å². The second-order valence-corrected chi connectivity index (χ2v) is 4.77. The Morgan fingerprint density at radius 3 is 2.79 bits per heavy atom. The van der Waals surface area contributed by atoms with Gasteiger partial charge in [0, 0.05) is 20.8 Å². The van der Waals surface area contributed by atoms with Crippen molar-refractivity contribution in [1.29, 1.82) is 0 Å². The zero-order chi connectivity index (χ0) is 10.1. The number of anilines is 1. The molecule has 0 fully saturated rings. The van der Waals surface area contributed by atoms with Crippen molar-refractivity contribution in [3.05, 3.63) is 28.6 Å². The fraction of sp³-hybridized carbons (Fsp3) is 0.273. The number of benzene rings is 1. The lowest BCUT2D eigenvalue weighted by atomic mass is 10.0. The van der Waals surface area contributed by atoms with Crippen LogP contribution in [0.2, 0.25) is 0 Å². The quantitative estimate of drug-likeness (QED) is 0.822. The van der Waals surface area contributed by atoms with E-state index in [1.165, 1.54) is 21.2 Å². The van der Waals surface area contributed by atoms with Crippen LogP contribution in [0.3, 0.4) is 0 Å². The minimum Gasteiger partial charge on any atom is -0.398 e. The molecule has 0 atom stereocenters. The van der Waals surface area contributed by atoms with Gasteiger partial charge in [0.15, 0.2) is 0 Å². The summed E-state index contributed by atoms with van der Waals surface area (Å²) in [6.07, 6.45) is 1.06. The van der Waals surface area contributed by atoms with Gasteiger partial charge in [-0.05, 0) is 29.7 Å². The first-order chi connectivity index (χ1) is 6.76. The summed E-state index contributed by atoms with van der Waals surface area (Å²) < 4.78 is 1.29. The molecule has 14 heavy (non-hydrogen) atoms. The van der Waals surface area contributed by atoms with E-state index < -0.39 is 0 Å². The lowest BCUT2D eigenvalue weighted by Crippen LogP contribution is -1.89. The smallest absolute Gasteiger partial charge is 0.0502 e. The number of hydrogen-bond donors (Lipinski definition) is 1. The zero-order valence-corrected chi connectivity index (χ0v) is 10.4. The highest BCUT2D eigenvalue weighted by Gasteiger charge is 2.06. The Balaban J connectivity index is 2.71. The molecular weight excluding hydrogens is 258 g/mol. The van der Waals surface area contributed by atoms with Crippen molar-refractivity contribution in [3.63, 3.8) is 0 Å². The van der Waals surface area contributed by atoms with E-state index >= 15 is 0 Å². The minimum atomic E-state index is 0.904. The van der Waals surface area contributed by atoms with Gasteiger partial charge in [0.25, 0.3) is 0 Å². The molecule has 2 aromatic rings. The van der Waals surface area contributed by atoms with Crippen LogP contribution in [0.25, 0.3) is 10.1 Å². The molecule has 2 rings (SSSR count). The van der Waals surface area contributed by atoms with Gasteiger partial charge < -0.3 is 5.73 Å². The number of rotatable bonds is 2. The molecule has 0 amide bonds. The predicted molar refractivity (Wildman–Crippen MR) is 68.2 cm³/mol. The van der Waals surface area contributed by atoms with Gasteiger partial charge >= 0.3 is 0 Å². The van der Waals surface area contributed by atoms with Gasteiger partial charge in [0.2, 0.25) is 0 Å². The molecule has 0 saturated carbocycles. The molecule has 2 N–H and O–H groups in total. The second kappa shape index (κ2) is 3.91. The van der Waals surface area contributed by atoms with Crippen LogP contribution >= 0.6 is 27.3 Å². The van der Waals surface area contributed by atoms with E-state index in [0.29, 0.717) is 0 Å². The van der Waals surface area contributed by atoms with E-state index in [2.05, 4.69) is 35.0 Å². The van der Waals surface area contributed by atoms with Gasteiger partial charge in [-0.25, -0.2) is 0 Å². The van der Waals surface area contributed by atoms with Gasteiger partial charge in [0.05, 0.1) is 5.69 Å². The molecule has 3 heteroatoms. The lowest BCUT2D eigenvalue weighted by Gasteiger charge is -2.05. The highest BCUT2D eigenvalue weighted by Crippen LogP contribution is 2.31. The van der Waals surface area contributed by atoms with Crippen molar-refractivity contribution in [2.75, 3.05) is 5.73 Å². The number of aryl methyl sites for hydroxylation is 1. The monoisotopic (exact) mass is 269 g/mol. The summed E-state index contributed by atoms with van der Waals surface area (Å²) in [5.41, 5.74) is 9.56. The molecule has 0 aliphatic carbocycles. The predicted octanol–water partition coefficient (Wildman–Crippen LogP) is 3.94. The number of hydrogen-bond acceptors (Lipinski definition) is 2. The summed E-state index contributed by atoms with van der Waals surface area (Å²) in [6.45, 7) is 2.18. The van der Waals surface area contributed by atoms with Crippen LogP contribution in [0.15, 0.2) is 17.5 Å². The zero-order valence-electron chi connectivity index (χ0n) is 8.01. The van der Waals surface area contributed by atoms with Gasteiger partial charge in [-0.15, -0.1) is 11.3 Å². The van der Waals surface area contributed by atoms with Crippen molar-refractivity contribution in [1.82, 2.24) is 0 Å². The average molecular weight is 270 g/mol. The first kappa shape index (κ1) is 9.99. The SMILES string of the molecule is CCc1cc2c(N)csc2cc1CBr. The van der Waals surface area contributed by atoms with Gasteiger partial charge in [-0.1, -0.05) is 22.9 Å². The number of halogens is 1. The highest BCUT2D eigenvalue weighted by atomic mass is 79.9. The molecule has 0 aliphatic heterocycles. The Labute approximate surface area is 96.1 Å². The van der Waals surface area contributed by atoms with Crippen LogP contribution in [0.5, 0.6) is 0 Å². The van der Waals surface area contributed by atoms with Crippen LogP contribution < -0.4 is 5.73 Å². The number of nitrogen functional groups attached to an aromatic ring is 1. The number of nitrogens with two attached hydrogens (primary N) is 1. The first-order valence-electron chi connectivity index (χ1n) is 4.60. The summed E-state index contributed by atoms with van der Waals surface area (Å²) in [6, 6.07) is 4.46. The Kier molecular flexibility index (Phi) is 2.79. The minimum absolute atomic E-state index is 0.904. The third-order valence-electron chi connectivity index (χ3n) is 2.45. The maximum atomic E-state index is 5.89. The molecule has 0 bridgehead atoms. The number of thiophene rings is 1. The van der Waals surface area contributed by atoms with Crippen molar-refractivity contribution in [2.45, 2.75) is 18.7 Å². The summed E-state index contributed by atoms with van der Waals surface area (Å²) in [7, 11) is 0. The lowest BCUT2D eigenvalue weighted by molar-refractivity contribution is 1.11. The molecule has 0 radical (unpaired) electrons. The van der Waals surface area contributed by atoms with Crippen molar-refractivity contribution in [3.8, 4) is 0 Å². The van der Waals surface area contributed by atoms with Gasteiger partial charge in [-0.2, -0.15) is 0 Å². The standard InChI is InChI=1S/C11H12BrNS/c1-2-7-3-9-10(13)6-14-11(9)4-8(7)5-12/h3-4,6H,2,5,13H2,1H3. The molecule has 1 aromatic heterocycles. The van der Waals surface area contributed by atoms with E-state index in [9.17, 15) is 0 Å². The fourth-order valence-corrected chi connectivity index (χ4v) is 3.05. The van der Waals surface area contributed by atoms with Crippen molar-refractivity contribution in [2.24, 2.45) is 0 Å². The average Bonchev–Trinajstić information content (AvgIpc) is 2.58. The normalized spacial score (nSPS) is 11.0. The Morgan fingerprint density at radius 2 is 2.14 bits per heavy atom. The third kappa shape index (κ3) is 1.55. The molecule has 1 nitrogen and oxygen atoms in total. The molecule has 0 aliphatic rings. The Bertz CT molecular complexity index is 462. The molecule has 0 spiro atoms. The fourth-order valence-electron chi connectivity index (χ4n) is 1.63. The van der Waals surface area contributed by atoms with Crippen LogP contribution in [0.4, 0.5) is 5.69 Å². The molecule has 0 saturated heterocycles. The third-order valence-corrected chi connectivity index (χ3v) is 4.02. The van der Waals surface area contributed by atoms with E-state index in [0.717, 1.165) is 17.4 Å². The topological polar surface area (TPSA) is 26.0 Å². The number of fused-ring (bicyclic) bond motifs is 1. The Morgan fingerprint density at radius 1 is 1.36 bits per heavy atom. The summed E-state index contributed by atoms with van der Waals surface area (Å²) in [5, 5.41) is 4.14. The van der Waals surface area contributed by atoms with E-state index in [1.54, 1.807) is 11.3 Å². The van der Waals surface area contributed by atoms with E-state index in [1.807, 2.05) is 5.38 Å². The molecular formula is C11H12BrNS. The van der Waals surface area contributed by atoms with E-state index in [4.69, 9.17) is 5.73 Å². The molecule has 74 valence electrons. The van der Waals surface area contributed by atoms with Crippen LogP contribution in [0, 0.1) is 0 Å². The highest BCUT2D eigenvalue weighted by molar-refractivity contribution is 9.08. The van der Waals surface area contributed by atoms with Crippen molar-refractivity contribution < 1.29 is 0 Å². The number of alkyl halides is 1. The largest absolute Gasteiger partial charge is 0.398 e. The van der Waals surface area contributed by atoms with Crippen LogP contribution in [0.1, 0.15) is 18.1 Å². The molecule has 0 unspecified atom stereocenters. The van der Waals surface area contributed by atoms with Crippen LogP contribution in [-0.4, -0.2) is 0 Å².